The van der Waals surface area contributed by atoms with Gasteiger partial charge in [-0.2, -0.15) is 5.26 Å². The van der Waals surface area contributed by atoms with E-state index >= 15 is 0 Å². The Kier molecular flexibility index (Phi) is 5.70. The van der Waals surface area contributed by atoms with Crippen LogP contribution in [-0.2, 0) is 10.0 Å². The molecule has 0 spiro atoms. The van der Waals surface area contributed by atoms with Crippen LogP contribution in [0.25, 0.3) is 0 Å². The first-order valence-electron chi connectivity index (χ1n) is 4.90. The van der Waals surface area contributed by atoms with E-state index in [1.165, 1.54) is 18.3 Å². The molecule has 0 aliphatic heterocycles. The van der Waals surface area contributed by atoms with E-state index in [0.29, 0.717) is 0 Å². The largest absolute Gasteiger partial charge is 0.324 e. The topological polar surface area (TPSA) is 109 Å². The molecular weight excluding hydrogens is 276 g/mol. The summed E-state index contributed by atoms with van der Waals surface area (Å²) in [7, 11) is -3.75. The maximum absolute atomic E-state index is 11.9. The Hall–Kier alpha value is -1.20. The predicted molar refractivity (Wildman–Crippen MR) is 69.7 cm³/mol. The van der Waals surface area contributed by atoms with Gasteiger partial charge in [0, 0.05) is 18.3 Å². The van der Waals surface area contributed by atoms with Gasteiger partial charge in [-0.15, -0.1) is 12.4 Å². The van der Waals surface area contributed by atoms with Crippen molar-refractivity contribution in [3.05, 3.63) is 24.0 Å². The van der Waals surface area contributed by atoms with Crippen molar-refractivity contribution in [1.29, 1.82) is 5.26 Å². The normalized spacial score (nSPS) is 11.4. The van der Waals surface area contributed by atoms with E-state index in [9.17, 15) is 8.42 Å². The first kappa shape index (κ1) is 16.8. The zero-order valence-electron chi connectivity index (χ0n) is 10.0. The summed E-state index contributed by atoms with van der Waals surface area (Å²) in [5, 5.41) is 8.78. The van der Waals surface area contributed by atoms with E-state index in [-0.39, 0.29) is 29.5 Å². The fourth-order valence-electron chi connectivity index (χ4n) is 1.05. The van der Waals surface area contributed by atoms with E-state index in [0.717, 1.165) is 0 Å². The Morgan fingerprint density at radius 1 is 1.56 bits per heavy atom. The van der Waals surface area contributed by atoms with E-state index in [4.69, 9.17) is 11.0 Å². The van der Waals surface area contributed by atoms with Crippen molar-refractivity contribution in [2.75, 3.05) is 6.54 Å². The Morgan fingerprint density at radius 3 is 2.67 bits per heavy atom. The van der Waals surface area contributed by atoms with Gasteiger partial charge >= 0.3 is 0 Å². The van der Waals surface area contributed by atoms with Crippen LogP contribution in [0, 0.1) is 11.3 Å². The third-order valence-corrected chi connectivity index (χ3v) is 3.32. The van der Waals surface area contributed by atoms with E-state index in [1.807, 2.05) is 0 Å². The summed E-state index contributed by atoms with van der Waals surface area (Å²) in [5.74, 6) is 0. The molecule has 100 valence electrons. The Morgan fingerprint density at radius 2 is 2.17 bits per heavy atom. The SMILES string of the molecule is CC(C)(N)CNS(=O)(=O)c1cccnc1C#N.Cl. The summed E-state index contributed by atoms with van der Waals surface area (Å²) in [6.07, 6.45) is 1.37. The molecule has 1 aromatic rings. The molecule has 6 nitrogen and oxygen atoms in total. The number of sulfonamides is 1. The lowest BCUT2D eigenvalue weighted by molar-refractivity contribution is 0.497. The maximum Gasteiger partial charge on any atom is 0.243 e. The van der Waals surface area contributed by atoms with Crippen LogP contribution < -0.4 is 10.5 Å². The van der Waals surface area contributed by atoms with Gasteiger partial charge < -0.3 is 5.73 Å². The summed E-state index contributed by atoms with van der Waals surface area (Å²) < 4.78 is 26.1. The van der Waals surface area contributed by atoms with Crippen LogP contribution in [0.15, 0.2) is 23.2 Å². The predicted octanol–water partition coefficient (Wildman–Crippen LogP) is 0.391. The molecule has 0 unspecified atom stereocenters. The van der Waals surface area contributed by atoms with Crippen molar-refractivity contribution in [3.63, 3.8) is 0 Å². The van der Waals surface area contributed by atoms with Gasteiger partial charge in [0.05, 0.1) is 0 Å². The number of hydrogen-bond acceptors (Lipinski definition) is 5. The van der Waals surface area contributed by atoms with Gasteiger partial charge in [0.25, 0.3) is 0 Å². The molecule has 18 heavy (non-hydrogen) atoms. The van der Waals surface area contributed by atoms with E-state index in [2.05, 4.69) is 9.71 Å². The second-order valence-electron chi connectivity index (χ2n) is 4.28. The summed E-state index contributed by atoms with van der Waals surface area (Å²) in [6.45, 7) is 3.48. The second kappa shape index (κ2) is 6.11. The van der Waals surface area contributed by atoms with Crippen molar-refractivity contribution in [2.24, 2.45) is 5.73 Å². The van der Waals surface area contributed by atoms with Crippen LogP contribution in [0.3, 0.4) is 0 Å². The Bertz CT molecular complexity index is 546. The molecule has 8 heteroatoms. The first-order chi connectivity index (χ1) is 7.76. The molecule has 0 amide bonds. The number of rotatable bonds is 4. The minimum atomic E-state index is -3.75. The average molecular weight is 291 g/mol. The van der Waals surface area contributed by atoms with Gasteiger partial charge in [0.1, 0.15) is 11.0 Å². The Balaban J connectivity index is 0.00000289. The molecule has 0 atom stereocenters. The van der Waals surface area contributed by atoms with Crippen LogP contribution in [0.5, 0.6) is 0 Å². The molecule has 1 aromatic heterocycles. The average Bonchev–Trinajstić information content (AvgIpc) is 2.26. The number of pyridine rings is 1. The lowest BCUT2D eigenvalue weighted by atomic mass is 10.1. The molecule has 0 aliphatic carbocycles. The Labute approximate surface area is 113 Å². The molecular formula is C10H15ClN4O2S. The highest BCUT2D eigenvalue weighted by molar-refractivity contribution is 7.89. The lowest BCUT2D eigenvalue weighted by Gasteiger charge is -2.19. The number of nitrogens with two attached hydrogens (primary N) is 1. The van der Waals surface area contributed by atoms with Crippen molar-refractivity contribution >= 4 is 22.4 Å². The van der Waals surface area contributed by atoms with Gasteiger partial charge in [-0.3, -0.25) is 0 Å². The number of nitrogens with zero attached hydrogens (tertiary/aromatic N) is 2. The number of nitriles is 1. The van der Waals surface area contributed by atoms with Crippen molar-refractivity contribution in [3.8, 4) is 6.07 Å². The third kappa shape index (κ3) is 4.58. The summed E-state index contributed by atoms with van der Waals surface area (Å²) >= 11 is 0. The highest BCUT2D eigenvalue weighted by Gasteiger charge is 2.21. The van der Waals surface area contributed by atoms with E-state index in [1.54, 1.807) is 19.9 Å². The zero-order valence-corrected chi connectivity index (χ0v) is 11.7. The minimum Gasteiger partial charge on any atom is -0.324 e. The van der Waals surface area contributed by atoms with Gasteiger partial charge in [-0.05, 0) is 26.0 Å². The van der Waals surface area contributed by atoms with Crippen LogP contribution in [0.1, 0.15) is 19.5 Å². The minimum absolute atomic E-state index is 0. The van der Waals surface area contributed by atoms with Gasteiger partial charge in [0.15, 0.2) is 5.69 Å². The quantitative estimate of drug-likeness (QED) is 0.834. The van der Waals surface area contributed by atoms with Crippen molar-refractivity contribution in [1.82, 2.24) is 9.71 Å². The number of aromatic nitrogens is 1. The van der Waals surface area contributed by atoms with Crippen molar-refractivity contribution in [2.45, 2.75) is 24.3 Å². The highest BCUT2D eigenvalue weighted by Crippen LogP contribution is 2.12. The summed E-state index contributed by atoms with van der Waals surface area (Å²) in [4.78, 5) is 3.56. The smallest absolute Gasteiger partial charge is 0.243 e. The van der Waals surface area contributed by atoms with Crippen LogP contribution in [0.2, 0.25) is 0 Å². The number of halogens is 1. The molecule has 0 aliphatic rings. The highest BCUT2D eigenvalue weighted by atomic mass is 35.5. The molecule has 0 aromatic carbocycles. The lowest BCUT2D eigenvalue weighted by Crippen LogP contribution is -2.45. The molecule has 0 radical (unpaired) electrons. The van der Waals surface area contributed by atoms with Crippen molar-refractivity contribution < 1.29 is 8.42 Å². The molecule has 0 bridgehead atoms. The standard InChI is InChI=1S/C10H14N4O2S.ClH/c1-10(2,12)7-14-17(15,16)9-4-3-5-13-8(9)6-11;/h3-5,14H,7,12H2,1-2H3;1H. The maximum atomic E-state index is 11.9. The monoisotopic (exact) mass is 290 g/mol. The molecule has 1 heterocycles. The fourth-order valence-corrected chi connectivity index (χ4v) is 2.38. The second-order valence-corrected chi connectivity index (χ2v) is 6.01. The number of hydrogen-bond donors (Lipinski definition) is 2. The van der Waals surface area contributed by atoms with Crippen LogP contribution >= 0.6 is 12.4 Å². The van der Waals surface area contributed by atoms with Crippen LogP contribution in [-0.4, -0.2) is 25.5 Å². The number of nitrogens with one attached hydrogen (secondary N) is 1. The molecule has 0 saturated heterocycles. The van der Waals surface area contributed by atoms with E-state index < -0.39 is 15.6 Å². The van der Waals surface area contributed by atoms with Gasteiger partial charge in [0.2, 0.25) is 10.0 Å². The fraction of sp³-hybridized carbons (Fsp3) is 0.400. The molecule has 1 rings (SSSR count). The zero-order chi connectivity index (χ0) is 13.1. The molecule has 0 saturated carbocycles. The van der Waals surface area contributed by atoms with Gasteiger partial charge in [-0.1, -0.05) is 0 Å². The summed E-state index contributed by atoms with van der Waals surface area (Å²) in [5.41, 5.74) is 4.89. The molecule has 0 fully saturated rings. The first-order valence-corrected chi connectivity index (χ1v) is 6.38. The molecule has 3 N–H and O–H groups in total. The summed E-state index contributed by atoms with van der Waals surface area (Å²) in [6, 6.07) is 4.53. The van der Waals surface area contributed by atoms with Gasteiger partial charge in [-0.25, -0.2) is 18.1 Å². The third-order valence-electron chi connectivity index (χ3n) is 1.88. The van der Waals surface area contributed by atoms with Crippen LogP contribution in [0.4, 0.5) is 0 Å².